The maximum atomic E-state index is 13.2. The van der Waals surface area contributed by atoms with Crippen molar-refractivity contribution in [1.29, 1.82) is 0 Å². The van der Waals surface area contributed by atoms with Crippen molar-refractivity contribution in [2.75, 3.05) is 6.54 Å². The average Bonchev–Trinajstić information content (AvgIpc) is 2.76. The predicted molar refractivity (Wildman–Crippen MR) is 78.2 cm³/mol. The Bertz CT molecular complexity index is 548. The van der Waals surface area contributed by atoms with Crippen LogP contribution >= 0.6 is 27.5 Å². The number of benzene rings is 1. The van der Waals surface area contributed by atoms with Gasteiger partial charge in [-0.3, -0.25) is 0 Å². The van der Waals surface area contributed by atoms with E-state index in [1.165, 1.54) is 12.1 Å². The van der Waals surface area contributed by atoms with Crippen LogP contribution < -0.4 is 5.32 Å². The lowest BCUT2D eigenvalue weighted by Gasteiger charge is -2.07. The molecule has 0 aliphatic rings. The zero-order chi connectivity index (χ0) is 13.8. The fourth-order valence-corrected chi connectivity index (χ4v) is 2.75. The van der Waals surface area contributed by atoms with Crippen molar-refractivity contribution < 1.29 is 4.39 Å². The molecule has 0 bridgehead atoms. The maximum Gasteiger partial charge on any atom is 0.125 e. The molecule has 0 fully saturated rings. The smallest absolute Gasteiger partial charge is 0.125 e. The standard InChI is InChI=1S/C13H14BrClFN3/c1-2-4-17-8-10-3-5-19(18-10)13-11(14)6-9(16)7-12(13)15/h3,5-7,17H,2,4,8H2,1H3. The van der Waals surface area contributed by atoms with Crippen molar-refractivity contribution in [1.82, 2.24) is 15.1 Å². The summed E-state index contributed by atoms with van der Waals surface area (Å²) in [6, 6.07) is 4.56. The normalized spacial score (nSPS) is 10.9. The van der Waals surface area contributed by atoms with E-state index in [-0.39, 0.29) is 5.82 Å². The van der Waals surface area contributed by atoms with Gasteiger partial charge in [-0.1, -0.05) is 18.5 Å². The van der Waals surface area contributed by atoms with Crippen molar-refractivity contribution in [2.45, 2.75) is 19.9 Å². The van der Waals surface area contributed by atoms with Crippen molar-refractivity contribution >= 4 is 27.5 Å². The number of halogens is 3. The monoisotopic (exact) mass is 345 g/mol. The Morgan fingerprint density at radius 3 is 2.95 bits per heavy atom. The van der Waals surface area contributed by atoms with Crippen LogP contribution in [0, 0.1) is 5.82 Å². The van der Waals surface area contributed by atoms with Gasteiger partial charge in [0.15, 0.2) is 0 Å². The summed E-state index contributed by atoms with van der Waals surface area (Å²) in [5.74, 6) is -0.377. The molecule has 0 saturated carbocycles. The molecule has 2 aromatic rings. The van der Waals surface area contributed by atoms with Crippen molar-refractivity contribution in [3.63, 3.8) is 0 Å². The third-order valence-electron chi connectivity index (χ3n) is 2.59. The molecule has 102 valence electrons. The molecule has 1 aromatic carbocycles. The van der Waals surface area contributed by atoms with Gasteiger partial charge in [0, 0.05) is 17.2 Å². The summed E-state index contributed by atoms with van der Waals surface area (Å²) in [5.41, 5.74) is 1.56. The highest BCUT2D eigenvalue weighted by atomic mass is 79.9. The molecular weight excluding hydrogens is 333 g/mol. The highest BCUT2D eigenvalue weighted by molar-refractivity contribution is 9.10. The second-order valence-corrected chi connectivity index (χ2v) is 5.41. The largest absolute Gasteiger partial charge is 0.311 e. The lowest BCUT2D eigenvalue weighted by molar-refractivity contribution is 0.625. The topological polar surface area (TPSA) is 29.9 Å². The molecule has 1 aromatic heterocycles. The minimum Gasteiger partial charge on any atom is -0.311 e. The van der Waals surface area contributed by atoms with Crippen LogP contribution in [0.25, 0.3) is 5.69 Å². The Morgan fingerprint density at radius 1 is 1.47 bits per heavy atom. The highest BCUT2D eigenvalue weighted by Crippen LogP contribution is 2.29. The molecule has 2 rings (SSSR count). The molecule has 0 spiro atoms. The van der Waals surface area contributed by atoms with E-state index in [2.05, 4.69) is 33.3 Å². The van der Waals surface area contributed by atoms with E-state index in [9.17, 15) is 4.39 Å². The number of nitrogens with one attached hydrogen (secondary N) is 1. The molecular formula is C13H14BrClFN3. The summed E-state index contributed by atoms with van der Waals surface area (Å²) in [5, 5.41) is 8.02. The van der Waals surface area contributed by atoms with Gasteiger partial charge in [-0.2, -0.15) is 5.10 Å². The van der Waals surface area contributed by atoms with Crippen molar-refractivity contribution in [3.8, 4) is 5.69 Å². The fourth-order valence-electron chi connectivity index (χ4n) is 1.73. The molecule has 0 aliphatic heterocycles. The molecule has 0 saturated heterocycles. The first-order chi connectivity index (χ1) is 9.11. The van der Waals surface area contributed by atoms with Crippen LogP contribution in [0.1, 0.15) is 19.0 Å². The van der Waals surface area contributed by atoms with E-state index in [4.69, 9.17) is 11.6 Å². The predicted octanol–water partition coefficient (Wildman–Crippen LogP) is 3.93. The van der Waals surface area contributed by atoms with Gasteiger partial charge >= 0.3 is 0 Å². The van der Waals surface area contributed by atoms with Crippen LogP contribution in [-0.2, 0) is 6.54 Å². The van der Waals surface area contributed by atoms with Crippen LogP contribution in [0.4, 0.5) is 4.39 Å². The minimum absolute atomic E-state index is 0.322. The number of hydrogen-bond acceptors (Lipinski definition) is 2. The van der Waals surface area contributed by atoms with Gasteiger partial charge < -0.3 is 5.32 Å². The van der Waals surface area contributed by atoms with Crippen LogP contribution in [0.15, 0.2) is 28.9 Å². The van der Waals surface area contributed by atoms with Crippen LogP contribution in [0.3, 0.4) is 0 Å². The third-order valence-corrected chi connectivity index (χ3v) is 3.48. The number of rotatable bonds is 5. The van der Waals surface area contributed by atoms with Gasteiger partial charge in [-0.25, -0.2) is 9.07 Å². The maximum absolute atomic E-state index is 13.2. The van der Waals surface area contributed by atoms with Gasteiger partial charge in [-0.15, -0.1) is 0 Å². The van der Waals surface area contributed by atoms with Crippen LogP contribution in [0.2, 0.25) is 5.02 Å². The molecule has 3 nitrogen and oxygen atoms in total. The first-order valence-electron chi connectivity index (χ1n) is 6.02. The second-order valence-electron chi connectivity index (χ2n) is 4.15. The Kier molecular flexibility index (Phi) is 4.96. The van der Waals surface area contributed by atoms with Crippen LogP contribution in [0.5, 0.6) is 0 Å². The Morgan fingerprint density at radius 2 is 2.26 bits per heavy atom. The van der Waals surface area contributed by atoms with Gasteiger partial charge in [0.1, 0.15) is 5.82 Å². The van der Waals surface area contributed by atoms with E-state index in [0.717, 1.165) is 18.7 Å². The van der Waals surface area contributed by atoms with Gasteiger partial charge in [0.05, 0.1) is 16.4 Å². The summed E-state index contributed by atoms with van der Waals surface area (Å²) in [6.45, 7) is 3.77. The third kappa shape index (κ3) is 3.55. The van der Waals surface area contributed by atoms with E-state index in [1.54, 1.807) is 4.68 Å². The summed E-state index contributed by atoms with van der Waals surface area (Å²) < 4.78 is 15.4. The molecule has 0 atom stereocenters. The van der Waals surface area contributed by atoms with E-state index in [1.807, 2.05) is 12.3 Å². The highest BCUT2D eigenvalue weighted by Gasteiger charge is 2.11. The summed E-state index contributed by atoms with van der Waals surface area (Å²) in [4.78, 5) is 0. The SMILES string of the molecule is CCCNCc1ccn(-c2c(Cl)cc(F)cc2Br)n1. The molecule has 1 heterocycles. The fraction of sp³-hybridized carbons (Fsp3) is 0.308. The molecule has 19 heavy (non-hydrogen) atoms. The van der Waals surface area contributed by atoms with Crippen molar-refractivity contribution in [3.05, 3.63) is 45.4 Å². The molecule has 6 heteroatoms. The summed E-state index contributed by atoms with van der Waals surface area (Å²) >= 11 is 9.37. The van der Waals surface area contributed by atoms with E-state index in [0.29, 0.717) is 21.7 Å². The molecule has 0 aliphatic carbocycles. The molecule has 0 amide bonds. The van der Waals surface area contributed by atoms with Gasteiger partial charge in [0.25, 0.3) is 0 Å². The Balaban J connectivity index is 2.23. The summed E-state index contributed by atoms with van der Waals surface area (Å²) in [6.07, 6.45) is 2.89. The first-order valence-corrected chi connectivity index (χ1v) is 7.19. The molecule has 0 radical (unpaired) electrons. The summed E-state index contributed by atoms with van der Waals surface area (Å²) in [7, 11) is 0. The van der Waals surface area contributed by atoms with Gasteiger partial charge in [0.2, 0.25) is 0 Å². The quantitative estimate of drug-likeness (QED) is 0.831. The number of nitrogens with zero attached hydrogens (tertiary/aromatic N) is 2. The van der Waals surface area contributed by atoms with E-state index >= 15 is 0 Å². The van der Waals surface area contributed by atoms with Crippen LogP contribution in [-0.4, -0.2) is 16.3 Å². The van der Waals surface area contributed by atoms with E-state index < -0.39 is 0 Å². The Hall–Kier alpha value is -0.910. The van der Waals surface area contributed by atoms with Gasteiger partial charge in [-0.05, 0) is 47.1 Å². The number of hydrogen-bond donors (Lipinski definition) is 1. The zero-order valence-electron chi connectivity index (χ0n) is 10.5. The lowest BCUT2D eigenvalue weighted by Crippen LogP contribution is -2.14. The first kappa shape index (κ1) is 14.5. The lowest BCUT2D eigenvalue weighted by atomic mass is 10.3. The minimum atomic E-state index is -0.377. The average molecular weight is 347 g/mol. The second kappa shape index (κ2) is 6.50. The Labute approximate surface area is 124 Å². The zero-order valence-corrected chi connectivity index (χ0v) is 12.8. The van der Waals surface area contributed by atoms with Crippen molar-refractivity contribution in [2.24, 2.45) is 0 Å². The molecule has 0 unspecified atom stereocenters. The molecule has 1 N–H and O–H groups in total. The number of aromatic nitrogens is 2.